The van der Waals surface area contributed by atoms with Gasteiger partial charge in [0, 0.05) is 15.8 Å². The van der Waals surface area contributed by atoms with Crippen LogP contribution in [-0.4, -0.2) is 18.8 Å². The molecule has 2 nitrogen and oxygen atoms in total. The van der Waals surface area contributed by atoms with Crippen LogP contribution in [0.5, 0.6) is 0 Å². The third-order valence-electron chi connectivity index (χ3n) is 1.93. The number of hydrogen-bond donors (Lipinski definition) is 1. The highest BCUT2D eigenvalue weighted by molar-refractivity contribution is 7.10. The normalized spacial score (nSPS) is 13.0. The SMILES string of the molecule is CC(OCc1cc(C#CCN)cs1)C(F)(F)F. The quantitative estimate of drug-likeness (QED) is 0.850. The van der Waals surface area contributed by atoms with Crippen molar-refractivity contribution >= 4 is 11.3 Å². The molecular weight excluding hydrogens is 251 g/mol. The van der Waals surface area contributed by atoms with E-state index in [0.29, 0.717) is 4.88 Å². The zero-order valence-electron chi connectivity index (χ0n) is 9.17. The minimum absolute atomic E-state index is 0.0599. The Bertz CT molecular complexity index is 416. The van der Waals surface area contributed by atoms with Crippen LogP contribution in [-0.2, 0) is 11.3 Å². The first kappa shape index (κ1) is 14.0. The van der Waals surface area contributed by atoms with E-state index in [4.69, 9.17) is 10.5 Å². The van der Waals surface area contributed by atoms with Crippen molar-refractivity contribution in [1.82, 2.24) is 0 Å². The summed E-state index contributed by atoms with van der Waals surface area (Å²) in [6, 6.07) is 1.70. The first-order valence-corrected chi connectivity index (χ1v) is 5.76. The molecule has 0 aliphatic heterocycles. The summed E-state index contributed by atoms with van der Waals surface area (Å²) in [5.41, 5.74) is 5.96. The largest absolute Gasteiger partial charge is 0.414 e. The van der Waals surface area contributed by atoms with Crippen LogP contribution in [0.1, 0.15) is 17.4 Å². The highest BCUT2D eigenvalue weighted by Crippen LogP contribution is 2.24. The molecule has 1 unspecified atom stereocenters. The Balaban J connectivity index is 2.50. The molecule has 1 rings (SSSR count). The molecule has 1 atom stereocenters. The maximum Gasteiger partial charge on any atom is 0.414 e. The number of thiophene rings is 1. The van der Waals surface area contributed by atoms with E-state index in [1.54, 1.807) is 11.4 Å². The smallest absolute Gasteiger partial charge is 0.364 e. The van der Waals surface area contributed by atoms with Crippen LogP contribution in [0, 0.1) is 11.8 Å². The van der Waals surface area contributed by atoms with Gasteiger partial charge in [0.1, 0.15) is 0 Å². The van der Waals surface area contributed by atoms with E-state index >= 15 is 0 Å². The third-order valence-corrected chi connectivity index (χ3v) is 2.84. The third kappa shape index (κ3) is 4.77. The van der Waals surface area contributed by atoms with Crippen molar-refractivity contribution in [3.63, 3.8) is 0 Å². The van der Waals surface area contributed by atoms with Gasteiger partial charge in [0.2, 0.25) is 0 Å². The van der Waals surface area contributed by atoms with E-state index in [0.717, 1.165) is 12.5 Å². The zero-order valence-corrected chi connectivity index (χ0v) is 9.99. The Morgan fingerprint density at radius 3 is 2.82 bits per heavy atom. The Hall–Kier alpha value is -1.03. The molecule has 0 bridgehead atoms. The monoisotopic (exact) mass is 263 g/mol. The molecule has 0 saturated carbocycles. The van der Waals surface area contributed by atoms with Gasteiger partial charge in [0.15, 0.2) is 6.10 Å². The number of rotatable bonds is 3. The van der Waals surface area contributed by atoms with Gasteiger partial charge in [-0.1, -0.05) is 11.8 Å². The van der Waals surface area contributed by atoms with E-state index < -0.39 is 12.3 Å². The van der Waals surface area contributed by atoms with Crippen LogP contribution < -0.4 is 5.73 Å². The standard InChI is InChI=1S/C11H12F3NOS/c1-8(11(12,13)14)16-6-10-5-9(7-17-10)3-2-4-15/h5,7-8H,4,6,15H2,1H3. The molecule has 0 radical (unpaired) electrons. The Morgan fingerprint density at radius 2 is 2.24 bits per heavy atom. The molecule has 1 aromatic heterocycles. The van der Waals surface area contributed by atoms with Gasteiger partial charge in [0.25, 0.3) is 0 Å². The molecule has 0 aromatic carbocycles. The summed E-state index contributed by atoms with van der Waals surface area (Å²) < 4.78 is 41.2. The average molecular weight is 263 g/mol. The van der Waals surface area contributed by atoms with Crippen LogP contribution in [0.15, 0.2) is 11.4 Å². The highest BCUT2D eigenvalue weighted by Gasteiger charge is 2.36. The lowest BCUT2D eigenvalue weighted by Crippen LogP contribution is -2.28. The summed E-state index contributed by atoms with van der Waals surface area (Å²) >= 11 is 1.32. The molecule has 6 heteroatoms. The maximum absolute atomic E-state index is 12.2. The van der Waals surface area contributed by atoms with Crippen LogP contribution in [0.25, 0.3) is 0 Å². The van der Waals surface area contributed by atoms with Gasteiger partial charge in [-0.25, -0.2) is 0 Å². The fraction of sp³-hybridized carbons (Fsp3) is 0.455. The first-order chi connectivity index (χ1) is 7.93. The number of nitrogens with two attached hydrogens (primary N) is 1. The van der Waals surface area contributed by atoms with Crippen molar-refractivity contribution < 1.29 is 17.9 Å². The van der Waals surface area contributed by atoms with Crippen molar-refractivity contribution in [3.8, 4) is 11.8 Å². The average Bonchev–Trinajstić information content (AvgIpc) is 2.69. The van der Waals surface area contributed by atoms with Crippen molar-refractivity contribution in [2.24, 2.45) is 5.73 Å². The molecule has 0 aliphatic rings. The van der Waals surface area contributed by atoms with Gasteiger partial charge >= 0.3 is 6.18 Å². The minimum atomic E-state index is -4.32. The van der Waals surface area contributed by atoms with E-state index in [9.17, 15) is 13.2 Å². The van der Waals surface area contributed by atoms with Crippen molar-refractivity contribution in [3.05, 3.63) is 21.9 Å². The van der Waals surface area contributed by atoms with E-state index in [1.165, 1.54) is 11.3 Å². The van der Waals surface area contributed by atoms with Crippen LogP contribution in [0.4, 0.5) is 13.2 Å². The lowest BCUT2D eigenvalue weighted by atomic mass is 10.3. The fourth-order valence-corrected chi connectivity index (χ4v) is 1.71. The molecule has 1 aromatic rings. The van der Waals surface area contributed by atoms with E-state index in [1.807, 2.05) is 0 Å². The van der Waals surface area contributed by atoms with Crippen LogP contribution >= 0.6 is 11.3 Å². The number of halogens is 3. The molecule has 1 heterocycles. The molecule has 0 spiro atoms. The predicted molar refractivity (Wildman–Crippen MR) is 60.6 cm³/mol. The summed E-state index contributed by atoms with van der Waals surface area (Å²) in [6.45, 7) is 1.19. The van der Waals surface area contributed by atoms with Gasteiger partial charge < -0.3 is 10.5 Å². The fourth-order valence-electron chi connectivity index (χ4n) is 0.977. The van der Waals surface area contributed by atoms with Crippen LogP contribution in [0.3, 0.4) is 0 Å². The molecule has 94 valence electrons. The van der Waals surface area contributed by atoms with Gasteiger partial charge in [-0.3, -0.25) is 0 Å². The molecule has 2 N–H and O–H groups in total. The molecule has 0 saturated heterocycles. The topological polar surface area (TPSA) is 35.2 Å². The second-order valence-electron chi connectivity index (χ2n) is 3.30. The van der Waals surface area contributed by atoms with Crippen molar-refractivity contribution in [2.45, 2.75) is 25.8 Å². The van der Waals surface area contributed by atoms with Crippen molar-refractivity contribution in [2.75, 3.05) is 6.54 Å². The molecule has 17 heavy (non-hydrogen) atoms. The molecule has 0 aliphatic carbocycles. The molecular formula is C11H12F3NOS. The van der Waals surface area contributed by atoms with Gasteiger partial charge in [-0.15, -0.1) is 11.3 Å². The lowest BCUT2D eigenvalue weighted by Gasteiger charge is -2.15. The number of alkyl halides is 3. The van der Waals surface area contributed by atoms with Crippen LogP contribution in [0.2, 0.25) is 0 Å². The molecule has 0 fully saturated rings. The predicted octanol–water partition coefficient (Wildman–Crippen LogP) is 2.53. The summed E-state index contributed by atoms with van der Waals surface area (Å²) in [5, 5.41) is 1.76. The Labute approximate surface area is 102 Å². The van der Waals surface area contributed by atoms with Crippen molar-refractivity contribution in [1.29, 1.82) is 0 Å². The highest BCUT2D eigenvalue weighted by atomic mass is 32.1. The summed E-state index contributed by atoms with van der Waals surface area (Å²) in [4.78, 5) is 0.711. The van der Waals surface area contributed by atoms with Gasteiger partial charge in [-0.05, 0) is 13.0 Å². The Morgan fingerprint density at radius 1 is 1.53 bits per heavy atom. The summed E-state index contributed by atoms with van der Waals surface area (Å²) in [7, 11) is 0. The summed E-state index contributed by atoms with van der Waals surface area (Å²) in [6.07, 6.45) is -6.08. The second kappa shape index (κ2) is 6.05. The van der Waals surface area contributed by atoms with Gasteiger partial charge in [-0.2, -0.15) is 13.2 Å². The Kier molecular flexibility index (Phi) is 5.00. The zero-order chi connectivity index (χ0) is 12.9. The number of hydrogen-bond acceptors (Lipinski definition) is 3. The number of ether oxygens (including phenoxy) is 1. The second-order valence-corrected chi connectivity index (χ2v) is 4.30. The maximum atomic E-state index is 12.2. The van der Waals surface area contributed by atoms with Gasteiger partial charge in [0.05, 0.1) is 13.2 Å². The summed E-state index contributed by atoms with van der Waals surface area (Å²) in [5.74, 6) is 5.47. The van der Waals surface area contributed by atoms with E-state index in [-0.39, 0.29) is 13.2 Å². The lowest BCUT2D eigenvalue weighted by molar-refractivity contribution is -0.217. The first-order valence-electron chi connectivity index (χ1n) is 4.88. The molecule has 0 amide bonds. The minimum Gasteiger partial charge on any atom is -0.364 e. The van der Waals surface area contributed by atoms with E-state index in [2.05, 4.69) is 11.8 Å².